The SMILES string of the molecule is Cc1cc(C)cc(C2(C(=O)N3CCC[C@H]3c3ncc(C(N)=O)c(C)n3)CCOCC2)c1. The van der Waals surface area contributed by atoms with Crippen LogP contribution in [0, 0.1) is 20.8 Å². The molecule has 1 atom stereocenters. The summed E-state index contributed by atoms with van der Waals surface area (Å²) in [6.07, 6.45) is 4.52. The van der Waals surface area contributed by atoms with Crippen molar-refractivity contribution in [1.29, 1.82) is 0 Å². The van der Waals surface area contributed by atoms with Crippen molar-refractivity contribution in [2.24, 2.45) is 5.73 Å². The summed E-state index contributed by atoms with van der Waals surface area (Å²) in [4.78, 5) is 36.6. The molecule has 3 heterocycles. The maximum atomic E-state index is 14.1. The first kappa shape index (κ1) is 21.4. The van der Waals surface area contributed by atoms with E-state index in [1.807, 2.05) is 4.90 Å². The number of hydrogen-bond acceptors (Lipinski definition) is 5. The molecule has 7 heteroatoms. The number of nitrogens with two attached hydrogens (primary N) is 1. The fraction of sp³-hybridized carbons (Fsp3) is 0.500. The van der Waals surface area contributed by atoms with E-state index < -0.39 is 11.3 Å². The van der Waals surface area contributed by atoms with E-state index >= 15 is 0 Å². The van der Waals surface area contributed by atoms with Gasteiger partial charge < -0.3 is 15.4 Å². The van der Waals surface area contributed by atoms with Gasteiger partial charge in [-0.1, -0.05) is 29.3 Å². The monoisotopic (exact) mass is 422 g/mol. The maximum Gasteiger partial charge on any atom is 0.252 e. The van der Waals surface area contributed by atoms with Crippen molar-refractivity contribution < 1.29 is 14.3 Å². The lowest BCUT2D eigenvalue weighted by Gasteiger charge is -2.41. The number of carbonyl (C=O) groups is 2. The second-order valence-electron chi connectivity index (χ2n) is 8.82. The number of primary amides is 1. The minimum atomic E-state index is -0.597. The Morgan fingerprint density at radius 3 is 2.42 bits per heavy atom. The first-order chi connectivity index (χ1) is 14.8. The van der Waals surface area contributed by atoms with Gasteiger partial charge in [-0.05, 0) is 52.0 Å². The third-order valence-corrected chi connectivity index (χ3v) is 6.61. The molecular weight excluding hydrogens is 392 g/mol. The normalized spacial score (nSPS) is 20.6. The number of benzene rings is 1. The Morgan fingerprint density at radius 1 is 1.13 bits per heavy atom. The van der Waals surface area contributed by atoms with Crippen LogP contribution in [0.5, 0.6) is 0 Å². The van der Waals surface area contributed by atoms with Gasteiger partial charge in [-0.25, -0.2) is 9.97 Å². The molecule has 2 aliphatic heterocycles. The zero-order chi connectivity index (χ0) is 22.2. The van der Waals surface area contributed by atoms with Crippen molar-refractivity contribution in [2.45, 2.75) is 57.9 Å². The Hall–Kier alpha value is -2.80. The highest BCUT2D eigenvalue weighted by Gasteiger charge is 2.47. The minimum Gasteiger partial charge on any atom is -0.381 e. The quantitative estimate of drug-likeness (QED) is 0.817. The van der Waals surface area contributed by atoms with E-state index in [1.165, 1.54) is 6.20 Å². The highest BCUT2D eigenvalue weighted by molar-refractivity contribution is 5.93. The van der Waals surface area contributed by atoms with Crippen LogP contribution in [-0.4, -0.2) is 46.4 Å². The molecule has 1 aromatic carbocycles. The van der Waals surface area contributed by atoms with Gasteiger partial charge in [0.25, 0.3) is 5.91 Å². The highest BCUT2D eigenvalue weighted by atomic mass is 16.5. The first-order valence-corrected chi connectivity index (χ1v) is 10.9. The molecule has 0 unspecified atom stereocenters. The van der Waals surface area contributed by atoms with Gasteiger partial charge in [0.2, 0.25) is 5.91 Å². The van der Waals surface area contributed by atoms with E-state index in [1.54, 1.807) is 6.92 Å². The highest BCUT2D eigenvalue weighted by Crippen LogP contribution is 2.41. The van der Waals surface area contributed by atoms with Crippen molar-refractivity contribution in [2.75, 3.05) is 19.8 Å². The second-order valence-corrected chi connectivity index (χ2v) is 8.82. The fourth-order valence-corrected chi connectivity index (χ4v) is 5.04. The third-order valence-electron chi connectivity index (χ3n) is 6.61. The summed E-state index contributed by atoms with van der Waals surface area (Å²) in [5.41, 5.74) is 9.06. The Bertz CT molecular complexity index is 994. The minimum absolute atomic E-state index is 0.128. The predicted octanol–water partition coefficient (Wildman–Crippen LogP) is 2.91. The van der Waals surface area contributed by atoms with E-state index in [9.17, 15) is 9.59 Å². The number of hydrogen-bond donors (Lipinski definition) is 1. The van der Waals surface area contributed by atoms with Crippen LogP contribution in [0.4, 0.5) is 0 Å². The van der Waals surface area contributed by atoms with Crippen LogP contribution in [0.25, 0.3) is 0 Å². The molecule has 31 heavy (non-hydrogen) atoms. The number of aryl methyl sites for hydroxylation is 3. The van der Waals surface area contributed by atoms with Crippen molar-refractivity contribution in [3.63, 3.8) is 0 Å². The molecule has 7 nitrogen and oxygen atoms in total. The summed E-state index contributed by atoms with van der Waals surface area (Å²) in [6.45, 7) is 7.71. The molecule has 0 aliphatic carbocycles. The molecule has 2 saturated heterocycles. The van der Waals surface area contributed by atoms with Gasteiger partial charge in [-0.15, -0.1) is 0 Å². The number of likely N-dealkylation sites (tertiary alicyclic amines) is 1. The average Bonchev–Trinajstić information content (AvgIpc) is 3.22. The van der Waals surface area contributed by atoms with Crippen LogP contribution in [-0.2, 0) is 14.9 Å². The molecule has 2 aromatic rings. The number of ether oxygens (including phenoxy) is 1. The molecule has 0 saturated carbocycles. The van der Waals surface area contributed by atoms with Crippen molar-refractivity contribution in [3.8, 4) is 0 Å². The first-order valence-electron chi connectivity index (χ1n) is 10.9. The molecule has 164 valence electrons. The lowest BCUT2D eigenvalue weighted by molar-refractivity contribution is -0.142. The molecule has 0 spiro atoms. The molecule has 2 aliphatic rings. The zero-order valence-corrected chi connectivity index (χ0v) is 18.5. The maximum absolute atomic E-state index is 14.1. The zero-order valence-electron chi connectivity index (χ0n) is 18.5. The Labute approximate surface area is 183 Å². The van der Waals surface area contributed by atoms with Crippen LogP contribution in [0.1, 0.15) is 70.3 Å². The molecule has 0 radical (unpaired) electrons. The van der Waals surface area contributed by atoms with Crippen LogP contribution >= 0.6 is 0 Å². The number of carbonyl (C=O) groups excluding carboxylic acids is 2. The molecule has 2 amide bonds. The van der Waals surface area contributed by atoms with Gasteiger partial charge >= 0.3 is 0 Å². The lowest BCUT2D eigenvalue weighted by Crippen LogP contribution is -2.50. The number of rotatable bonds is 4. The van der Waals surface area contributed by atoms with E-state index in [0.29, 0.717) is 49.7 Å². The van der Waals surface area contributed by atoms with E-state index in [-0.39, 0.29) is 11.9 Å². The topological polar surface area (TPSA) is 98.4 Å². The summed E-state index contributed by atoms with van der Waals surface area (Å²) in [6, 6.07) is 6.22. The summed E-state index contributed by atoms with van der Waals surface area (Å²) in [5.74, 6) is 0.166. The van der Waals surface area contributed by atoms with Gasteiger partial charge in [-0.2, -0.15) is 0 Å². The van der Waals surface area contributed by atoms with E-state index in [2.05, 4.69) is 42.0 Å². The van der Waals surface area contributed by atoms with Crippen molar-refractivity contribution >= 4 is 11.8 Å². The smallest absolute Gasteiger partial charge is 0.252 e. The molecule has 2 fully saturated rings. The summed E-state index contributed by atoms with van der Waals surface area (Å²) in [5, 5.41) is 0. The molecule has 0 bridgehead atoms. The van der Waals surface area contributed by atoms with Crippen molar-refractivity contribution in [1.82, 2.24) is 14.9 Å². The Balaban J connectivity index is 1.71. The standard InChI is InChI=1S/C24H30N4O3/c1-15-11-16(2)13-18(12-15)24(6-9-31-10-7-24)23(30)28-8-4-5-20(28)22-26-14-19(21(25)29)17(3)27-22/h11-14,20H,4-10H2,1-3H3,(H2,25,29)/t20-/m0/s1. The number of nitrogens with zero attached hydrogens (tertiary/aromatic N) is 3. The summed E-state index contributed by atoms with van der Waals surface area (Å²) in [7, 11) is 0. The van der Waals surface area contributed by atoms with Gasteiger partial charge in [-0.3, -0.25) is 9.59 Å². The predicted molar refractivity (Wildman–Crippen MR) is 117 cm³/mol. The van der Waals surface area contributed by atoms with Gasteiger partial charge in [0.1, 0.15) is 0 Å². The number of amides is 2. The van der Waals surface area contributed by atoms with Gasteiger partial charge in [0.15, 0.2) is 5.82 Å². The van der Waals surface area contributed by atoms with E-state index in [0.717, 1.165) is 29.5 Å². The molecular formula is C24H30N4O3. The number of aromatic nitrogens is 2. The van der Waals surface area contributed by atoms with Crippen LogP contribution in [0.2, 0.25) is 0 Å². The van der Waals surface area contributed by atoms with Crippen molar-refractivity contribution in [3.05, 3.63) is 58.2 Å². The van der Waals surface area contributed by atoms with Crippen LogP contribution < -0.4 is 5.73 Å². The molecule has 4 rings (SSSR count). The fourth-order valence-electron chi connectivity index (χ4n) is 5.04. The largest absolute Gasteiger partial charge is 0.381 e. The molecule has 2 N–H and O–H groups in total. The second kappa shape index (κ2) is 8.38. The van der Waals surface area contributed by atoms with Crippen LogP contribution in [0.3, 0.4) is 0 Å². The van der Waals surface area contributed by atoms with Gasteiger partial charge in [0.05, 0.1) is 22.7 Å². The summed E-state index contributed by atoms with van der Waals surface area (Å²) >= 11 is 0. The van der Waals surface area contributed by atoms with Crippen LogP contribution in [0.15, 0.2) is 24.4 Å². The Kier molecular flexibility index (Phi) is 5.79. The summed E-state index contributed by atoms with van der Waals surface area (Å²) < 4.78 is 5.64. The van der Waals surface area contributed by atoms with Gasteiger partial charge in [0, 0.05) is 26.0 Å². The van der Waals surface area contributed by atoms with E-state index in [4.69, 9.17) is 10.5 Å². The average molecular weight is 423 g/mol. The lowest BCUT2D eigenvalue weighted by atomic mass is 9.72. The Morgan fingerprint density at radius 2 is 1.81 bits per heavy atom. The molecule has 1 aromatic heterocycles. The third kappa shape index (κ3) is 3.94.